The summed E-state index contributed by atoms with van der Waals surface area (Å²) in [4.78, 5) is 0.654. The van der Waals surface area contributed by atoms with E-state index in [-0.39, 0.29) is 4.32 Å². The fraction of sp³-hybridized carbons (Fsp3) is 0.167. The molecule has 0 amide bonds. The summed E-state index contributed by atoms with van der Waals surface area (Å²) in [6, 6.07) is 3.50. The fourth-order valence-corrected chi connectivity index (χ4v) is 2.38. The van der Waals surface area contributed by atoms with E-state index in [0.717, 1.165) is 0 Å². The molecule has 1 atom stereocenters. The van der Waals surface area contributed by atoms with E-state index in [0.29, 0.717) is 4.88 Å². The van der Waals surface area contributed by atoms with Gasteiger partial charge in [-0.05, 0) is 11.4 Å². The van der Waals surface area contributed by atoms with Gasteiger partial charge in [-0.2, -0.15) is 0 Å². The third-order valence-electron chi connectivity index (χ3n) is 1.05. The lowest BCUT2D eigenvalue weighted by atomic mass is 10.5. The lowest BCUT2D eigenvalue weighted by Gasteiger charge is -1.97. The lowest BCUT2D eigenvalue weighted by Crippen LogP contribution is -2.05. The van der Waals surface area contributed by atoms with Crippen LogP contribution in [-0.2, 0) is 9.80 Å². The first-order valence-corrected chi connectivity index (χ1v) is 5.98. The molecule has 0 spiro atoms. The Bertz CT molecular complexity index is 339. The van der Waals surface area contributed by atoms with Gasteiger partial charge in [-0.1, -0.05) is 17.7 Å². The molecular formula is C6H7ClO2S2. The summed E-state index contributed by atoms with van der Waals surface area (Å²) < 4.78 is 20.0. The first-order valence-electron chi connectivity index (χ1n) is 2.80. The fourth-order valence-electron chi connectivity index (χ4n) is 0.577. The highest BCUT2D eigenvalue weighted by Crippen LogP contribution is 2.13. The highest BCUT2D eigenvalue weighted by Gasteiger charge is 2.06. The molecule has 1 rings (SSSR count). The molecule has 0 saturated heterocycles. The molecule has 0 aliphatic rings. The summed E-state index contributed by atoms with van der Waals surface area (Å²) in [6.07, 6.45) is 1.20. The zero-order valence-electron chi connectivity index (χ0n) is 5.78. The van der Waals surface area contributed by atoms with Crippen LogP contribution >= 0.6 is 22.9 Å². The molecule has 1 N–H and O–H groups in total. The maximum atomic E-state index is 11.0. The molecule has 0 aliphatic carbocycles. The van der Waals surface area contributed by atoms with E-state index in [2.05, 4.69) is 0 Å². The quantitative estimate of drug-likeness (QED) is 0.568. The summed E-state index contributed by atoms with van der Waals surface area (Å²) in [7, 11) is -2.98. The van der Waals surface area contributed by atoms with Crippen molar-refractivity contribution in [3.05, 3.63) is 22.4 Å². The summed E-state index contributed by atoms with van der Waals surface area (Å²) >= 11 is 6.98. The Morgan fingerprint density at radius 1 is 1.82 bits per heavy atom. The van der Waals surface area contributed by atoms with Gasteiger partial charge in [0.05, 0.1) is 14.7 Å². The van der Waals surface area contributed by atoms with E-state index in [1.807, 2.05) is 5.38 Å². The van der Waals surface area contributed by atoms with Crippen LogP contribution in [0.3, 0.4) is 0 Å². The number of hydrogen-bond donors (Lipinski definition) is 1. The second kappa shape index (κ2) is 3.15. The van der Waals surface area contributed by atoms with Gasteiger partial charge >= 0.3 is 0 Å². The predicted octanol–water partition coefficient (Wildman–Crippen LogP) is 1.85. The van der Waals surface area contributed by atoms with Crippen molar-refractivity contribution in [2.24, 2.45) is 0 Å². The Morgan fingerprint density at radius 2 is 2.45 bits per heavy atom. The van der Waals surface area contributed by atoms with Crippen LogP contribution < -0.4 is 0 Å². The topological polar surface area (TPSA) is 37.3 Å². The summed E-state index contributed by atoms with van der Waals surface area (Å²) in [5, 5.41) is 1.81. The third-order valence-corrected chi connectivity index (χ3v) is 4.12. The molecule has 0 fully saturated rings. The van der Waals surface area contributed by atoms with Gasteiger partial charge in [0.2, 0.25) is 0 Å². The van der Waals surface area contributed by atoms with Crippen LogP contribution in [0.15, 0.2) is 17.5 Å². The Labute approximate surface area is 74.7 Å². The molecule has 0 saturated carbocycles. The number of rotatable bonds is 1. The summed E-state index contributed by atoms with van der Waals surface area (Å²) in [5.41, 5.74) is 0. The van der Waals surface area contributed by atoms with Gasteiger partial charge in [-0.15, -0.1) is 11.3 Å². The Balaban J connectivity index is 3.26. The second-order valence-electron chi connectivity index (χ2n) is 2.05. The lowest BCUT2D eigenvalue weighted by molar-refractivity contribution is 0.566. The van der Waals surface area contributed by atoms with E-state index < -0.39 is 9.80 Å². The average molecular weight is 211 g/mol. The van der Waals surface area contributed by atoms with E-state index in [4.69, 9.17) is 16.2 Å². The normalized spacial score (nSPS) is 15.9. The first kappa shape index (κ1) is 9.06. The van der Waals surface area contributed by atoms with E-state index in [1.165, 1.54) is 17.6 Å². The number of hydrogen-bond acceptors (Lipinski definition) is 2. The number of halogens is 1. The van der Waals surface area contributed by atoms with E-state index in [9.17, 15) is 4.21 Å². The maximum absolute atomic E-state index is 11.0. The molecule has 1 heterocycles. The number of thiophene rings is 1. The highest BCUT2D eigenvalue weighted by molar-refractivity contribution is 7.99. The van der Waals surface area contributed by atoms with Crippen molar-refractivity contribution in [1.29, 1.82) is 0 Å². The molecule has 0 aliphatic heterocycles. The highest BCUT2D eigenvalue weighted by atomic mass is 35.5. The largest absolute Gasteiger partial charge is 0.312 e. The standard InChI is InChI=1S/C6H7ClO2S2/c1-11(8,9)6(7)5-3-2-4-10-5/h2-4H,1H3,(H,8,9). The average Bonchev–Trinajstić information content (AvgIpc) is 2.34. The molecule has 1 aromatic heterocycles. The van der Waals surface area contributed by atoms with Crippen molar-refractivity contribution in [2.45, 2.75) is 0 Å². The van der Waals surface area contributed by atoms with Crippen LogP contribution in [0, 0.1) is 0 Å². The SMILES string of the molecule is CS(=O)(O)=C(Cl)c1cccs1. The zero-order chi connectivity index (χ0) is 8.48. The summed E-state index contributed by atoms with van der Waals surface area (Å²) in [6.45, 7) is 0. The van der Waals surface area contributed by atoms with Crippen LogP contribution in [0.4, 0.5) is 0 Å². The van der Waals surface area contributed by atoms with Crippen LogP contribution in [0.2, 0.25) is 0 Å². The second-order valence-corrected chi connectivity index (χ2v) is 5.62. The Morgan fingerprint density at radius 3 is 2.82 bits per heavy atom. The zero-order valence-corrected chi connectivity index (χ0v) is 8.17. The van der Waals surface area contributed by atoms with Crippen LogP contribution in [0.25, 0.3) is 0 Å². The Hall–Kier alpha value is -0.0300. The van der Waals surface area contributed by atoms with Gasteiger partial charge < -0.3 is 4.55 Å². The van der Waals surface area contributed by atoms with Gasteiger partial charge in [0.1, 0.15) is 4.32 Å². The van der Waals surface area contributed by atoms with Crippen molar-refractivity contribution < 1.29 is 8.76 Å². The molecule has 0 radical (unpaired) electrons. The maximum Gasteiger partial charge on any atom is 0.134 e. The molecular weight excluding hydrogens is 204 g/mol. The van der Waals surface area contributed by atoms with E-state index >= 15 is 0 Å². The van der Waals surface area contributed by atoms with Crippen molar-refractivity contribution in [3.63, 3.8) is 0 Å². The molecule has 2 nitrogen and oxygen atoms in total. The predicted molar refractivity (Wildman–Crippen MR) is 51.0 cm³/mol. The van der Waals surface area contributed by atoms with Crippen LogP contribution in [0.5, 0.6) is 0 Å². The van der Waals surface area contributed by atoms with Crippen molar-refractivity contribution >= 4 is 37.1 Å². The smallest absolute Gasteiger partial charge is 0.134 e. The third kappa shape index (κ3) is 2.20. The van der Waals surface area contributed by atoms with Gasteiger partial charge in [0, 0.05) is 6.26 Å². The van der Waals surface area contributed by atoms with Crippen LogP contribution in [0.1, 0.15) is 4.88 Å². The molecule has 62 valence electrons. The molecule has 11 heavy (non-hydrogen) atoms. The minimum absolute atomic E-state index is 0.0347. The molecule has 5 heteroatoms. The monoisotopic (exact) mass is 210 g/mol. The van der Waals surface area contributed by atoms with Gasteiger partial charge in [-0.3, -0.25) is 0 Å². The van der Waals surface area contributed by atoms with Crippen molar-refractivity contribution in [1.82, 2.24) is 0 Å². The molecule has 1 aromatic rings. The van der Waals surface area contributed by atoms with Gasteiger partial charge in [0.15, 0.2) is 0 Å². The first-order chi connectivity index (χ1) is 5.02. The van der Waals surface area contributed by atoms with Crippen molar-refractivity contribution in [2.75, 3.05) is 6.26 Å². The minimum atomic E-state index is -2.98. The van der Waals surface area contributed by atoms with Crippen LogP contribution in [-0.4, -0.2) is 19.3 Å². The van der Waals surface area contributed by atoms with Crippen molar-refractivity contribution in [3.8, 4) is 0 Å². The van der Waals surface area contributed by atoms with E-state index in [1.54, 1.807) is 12.1 Å². The minimum Gasteiger partial charge on any atom is -0.312 e. The van der Waals surface area contributed by atoms with Gasteiger partial charge in [0.25, 0.3) is 0 Å². The molecule has 1 unspecified atom stereocenters. The Kier molecular flexibility index (Phi) is 2.59. The molecule has 0 aromatic carbocycles. The molecule has 0 bridgehead atoms. The summed E-state index contributed by atoms with van der Waals surface area (Å²) in [5.74, 6) is 0. The van der Waals surface area contributed by atoms with Gasteiger partial charge in [-0.25, -0.2) is 4.21 Å².